The second-order valence-corrected chi connectivity index (χ2v) is 5.77. The number of aliphatic hydroxyl groups excluding tert-OH is 1. The van der Waals surface area contributed by atoms with Gasteiger partial charge in [0.25, 0.3) is 0 Å². The first-order valence-corrected chi connectivity index (χ1v) is 7.37. The minimum Gasteiger partial charge on any atom is -0.494 e. The van der Waals surface area contributed by atoms with Crippen LogP contribution in [0.15, 0.2) is 24.3 Å². The van der Waals surface area contributed by atoms with Gasteiger partial charge in [0, 0.05) is 19.1 Å². The molecule has 1 aliphatic carbocycles. The van der Waals surface area contributed by atoms with Crippen LogP contribution in [0.25, 0.3) is 0 Å². The van der Waals surface area contributed by atoms with E-state index >= 15 is 0 Å². The normalized spacial score (nSPS) is 17.2. The monoisotopic (exact) mass is 293 g/mol. The third-order valence-electron chi connectivity index (χ3n) is 3.77. The molecule has 1 aliphatic rings. The smallest absolute Gasteiger partial charge is 0.323 e. The van der Waals surface area contributed by atoms with Crippen LogP contribution in [0.4, 0.5) is 0 Å². The Balaban J connectivity index is 1.82. The minimum absolute atomic E-state index is 0.129. The first-order valence-electron chi connectivity index (χ1n) is 7.37. The molecule has 1 saturated carbocycles. The molecule has 0 aliphatic heterocycles. The summed E-state index contributed by atoms with van der Waals surface area (Å²) in [7, 11) is 0. The molecular formula is C16H23NO4. The summed E-state index contributed by atoms with van der Waals surface area (Å²) in [6, 6.07) is 7.84. The number of hydrogen-bond acceptors (Lipinski definition) is 4. The summed E-state index contributed by atoms with van der Waals surface area (Å²) in [6.07, 6.45) is 3.14. The van der Waals surface area contributed by atoms with Gasteiger partial charge in [0.05, 0.1) is 6.61 Å². The number of ether oxygens (including phenoxy) is 1. The number of aliphatic carboxylic acids is 1. The van der Waals surface area contributed by atoms with E-state index < -0.39 is 11.5 Å². The molecule has 0 aromatic heterocycles. The molecule has 1 unspecified atom stereocenters. The minimum atomic E-state index is -0.933. The molecule has 2 rings (SSSR count). The lowest BCUT2D eigenvalue weighted by Crippen LogP contribution is -2.51. The summed E-state index contributed by atoms with van der Waals surface area (Å²) in [5.74, 6) is -0.118. The molecule has 0 heterocycles. The first-order chi connectivity index (χ1) is 10.0. The summed E-state index contributed by atoms with van der Waals surface area (Å²) < 4.78 is 5.62. The van der Waals surface area contributed by atoms with Crippen molar-refractivity contribution in [3.05, 3.63) is 29.8 Å². The van der Waals surface area contributed by atoms with Crippen LogP contribution >= 0.6 is 0 Å². The van der Waals surface area contributed by atoms with Crippen molar-refractivity contribution in [3.63, 3.8) is 0 Å². The maximum absolute atomic E-state index is 11.4. The van der Waals surface area contributed by atoms with E-state index in [1.165, 1.54) is 0 Å². The van der Waals surface area contributed by atoms with Gasteiger partial charge >= 0.3 is 5.97 Å². The Morgan fingerprint density at radius 1 is 1.38 bits per heavy atom. The first kappa shape index (κ1) is 15.8. The molecule has 116 valence electrons. The van der Waals surface area contributed by atoms with Gasteiger partial charge in [-0.15, -0.1) is 0 Å². The molecule has 1 aromatic rings. The Hall–Kier alpha value is -1.59. The molecule has 1 atom stereocenters. The number of rotatable bonds is 9. The zero-order valence-electron chi connectivity index (χ0n) is 12.3. The molecule has 0 radical (unpaired) electrons. The van der Waals surface area contributed by atoms with Crippen molar-refractivity contribution in [2.24, 2.45) is 0 Å². The van der Waals surface area contributed by atoms with Gasteiger partial charge in [0.1, 0.15) is 11.3 Å². The predicted molar refractivity (Wildman–Crippen MR) is 79.5 cm³/mol. The van der Waals surface area contributed by atoms with Crippen molar-refractivity contribution >= 4 is 5.97 Å². The molecule has 1 fully saturated rings. The Bertz CT molecular complexity index is 470. The van der Waals surface area contributed by atoms with E-state index in [0.29, 0.717) is 25.5 Å². The summed E-state index contributed by atoms with van der Waals surface area (Å²) in [4.78, 5) is 11.4. The van der Waals surface area contributed by atoms with E-state index in [2.05, 4.69) is 5.32 Å². The van der Waals surface area contributed by atoms with Crippen LogP contribution in [0, 0.1) is 0 Å². The van der Waals surface area contributed by atoms with Crippen LogP contribution in [0.2, 0.25) is 0 Å². The molecule has 3 N–H and O–H groups in total. The van der Waals surface area contributed by atoms with Crippen LogP contribution < -0.4 is 10.1 Å². The van der Waals surface area contributed by atoms with Crippen molar-refractivity contribution in [3.8, 4) is 5.75 Å². The zero-order valence-corrected chi connectivity index (χ0v) is 12.3. The highest BCUT2D eigenvalue weighted by Crippen LogP contribution is 2.24. The lowest BCUT2D eigenvalue weighted by Gasteiger charge is -2.26. The number of carbonyl (C=O) groups is 1. The molecule has 0 bridgehead atoms. The van der Waals surface area contributed by atoms with E-state index in [9.17, 15) is 9.90 Å². The van der Waals surface area contributed by atoms with Crippen LogP contribution in [-0.4, -0.2) is 41.0 Å². The van der Waals surface area contributed by atoms with Gasteiger partial charge in [-0.2, -0.15) is 0 Å². The largest absolute Gasteiger partial charge is 0.494 e. The van der Waals surface area contributed by atoms with Crippen molar-refractivity contribution < 1.29 is 19.7 Å². The molecule has 0 saturated heterocycles. The van der Waals surface area contributed by atoms with Gasteiger partial charge in [0.2, 0.25) is 0 Å². The standard InChI is InChI=1S/C16H23NO4/c1-16(15(19)20,17-13-4-5-13)9-11-21-14-6-2-12(3-7-14)8-10-18/h2-3,6-7,13,17-18H,4-5,8-11H2,1H3,(H,19,20). The maximum Gasteiger partial charge on any atom is 0.323 e. The zero-order chi connectivity index (χ0) is 15.3. The fourth-order valence-electron chi connectivity index (χ4n) is 2.17. The average Bonchev–Trinajstić information content (AvgIpc) is 3.25. The second-order valence-electron chi connectivity index (χ2n) is 5.77. The molecule has 5 heteroatoms. The Morgan fingerprint density at radius 3 is 2.57 bits per heavy atom. The number of aliphatic hydroxyl groups is 1. The molecule has 5 nitrogen and oxygen atoms in total. The summed E-state index contributed by atoms with van der Waals surface area (Å²) in [5, 5.41) is 21.4. The van der Waals surface area contributed by atoms with Crippen LogP contribution in [0.3, 0.4) is 0 Å². The lowest BCUT2D eigenvalue weighted by atomic mass is 9.98. The molecule has 0 spiro atoms. The van der Waals surface area contributed by atoms with E-state index in [1.54, 1.807) is 6.92 Å². The Kier molecular flexibility index (Phi) is 5.20. The summed E-state index contributed by atoms with van der Waals surface area (Å²) in [5.41, 5.74) is 0.119. The predicted octanol–water partition coefficient (Wildman–Crippen LogP) is 1.59. The van der Waals surface area contributed by atoms with Gasteiger partial charge < -0.3 is 14.9 Å². The number of carboxylic acid groups (broad SMARTS) is 1. The van der Waals surface area contributed by atoms with Crippen LogP contribution in [0.1, 0.15) is 31.7 Å². The van der Waals surface area contributed by atoms with Gasteiger partial charge in [0.15, 0.2) is 0 Å². The van der Waals surface area contributed by atoms with E-state index in [4.69, 9.17) is 9.84 Å². The highest BCUT2D eigenvalue weighted by molar-refractivity contribution is 5.78. The topological polar surface area (TPSA) is 78.8 Å². The number of benzene rings is 1. The molecule has 1 aromatic carbocycles. The SMILES string of the molecule is CC(CCOc1ccc(CCO)cc1)(NC1CC1)C(=O)O. The van der Waals surface area contributed by atoms with E-state index in [-0.39, 0.29) is 6.61 Å². The highest BCUT2D eigenvalue weighted by atomic mass is 16.5. The molecule has 21 heavy (non-hydrogen) atoms. The lowest BCUT2D eigenvalue weighted by molar-refractivity contribution is -0.144. The average molecular weight is 293 g/mol. The van der Waals surface area contributed by atoms with Crippen molar-refractivity contribution in [2.75, 3.05) is 13.2 Å². The number of carboxylic acids is 1. The van der Waals surface area contributed by atoms with Crippen molar-refractivity contribution in [1.29, 1.82) is 0 Å². The fourth-order valence-corrected chi connectivity index (χ4v) is 2.17. The summed E-state index contributed by atoms with van der Waals surface area (Å²) >= 11 is 0. The third kappa shape index (κ3) is 4.72. The highest BCUT2D eigenvalue weighted by Gasteiger charge is 2.38. The van der Waals surface area contributed by atoms with Crippen molar-refractivity contribution in [2.45, 2.75) is 44.2 Å². The number of hydrogen-bond donors (Lipinski definition) is 3. The number of nitrogens with one attached hydrogen (secondary N) is 1. The molecular weight excluding hydrogens is 270 g/mol. The molecule has 0 amide bonds. The van der Waals surface area contributed by atoms with Gasteiger partial charge in [-0.3, -0.25) is 10.1 Å². The fraction of sp³-hybridized carbons (Fsp3) is 0.562. The van der Waals surface area contributed by atoms with Gasteiger partial charge in [-0.1, -0.05) is 12.1 Å². The van der Waals surface area contributed by atoms with E-state index in [0.717, 1.165) is 24.2 Å². The Morgan fingerprint density at radius 2 is 2.05 bits per heavy atom. The van der Waals surface area contributed by atoms with Gasteiger partial charge in [-0.25, -0.2) is 0 Å². The quantitative estimate of drug-likeness (QED) is 0.644. The van der Waals surface area contributed by atoms with Crippen LogP contribution in [-0.2, 0) is 11.2 Å². The van der Waals surface area contributed by atoms with Crippen molar-refractivity contribution in [1.82, 2.24) is 5.32 Å². The maximum atomic E-state index is 11.4. The van der Waals surface area contributed by atoms with Crippen LogP contribution in [0.5, 0.6) is 5.75 Å². The van der Waals surface area contributed by atoms with Gasteiger partial charge in [-0.05, 0) is 43.9 Å². The van der Waals surface area contributed by atoms with E-state index in [1.807, 2.05) is 24.3 Å². The third-order valence-corrected chi connectivity index (χ3v) is 3.77. The Labute approximate surface area is 124 Å². The second kappa shape index (κ2) is 6.91. The summed E-state index contributed by atoms with van der Waals surface area (Å²) in [6.45, 7) is 2.19.